The van der Waals surface area contributed by atoms with E-state index in [4.69, 9.17) is 5.73 Å². The number of fused-ring (bicyclic) bond motifs is 1. The number of hydrogen-bond donors (Lipinski definition) is 1. The first-order valence-corrected chi connectivity index (χ1v) is 8.46. The van der Waals surface area contributed by atoms with E-state index in [2.05, 4.69) is 4.74 Å². The molecule has 1 aromatic carbocycles. The van der Waals surface area contributed by atoms with Crippen LogP contribution in [0.1, 0.15) is 24.0 Å². The molecule has 116 valence electrons. The number of nitrogens with zero attached hydrogens (tertiary/aromatic N) is 1. The number of hydrogen-bond acceptors (Lipinski definition) is 5. The van der Waals surface area contributed by atoms with Gasteiger partial charge in [0.2, 0.25) is 10.0 Å². The zero-order valence-electron chi connectivity index (χ0n) is 12.0. The molecular weight excluding hydrogens is 292 g/mol. The first-order chi connectivity index (χ1) is 9.94. The Bertz CT molecular complexity index is 628. The van der Waals surface area contributed by atoms with Crippen LogP contribution in [0.25, 0.3) is 0 Å². The first-order valence-electron chi connectivity index (χ1n) is 6.85. The van der Waals surface area contributed by atoms with Crippen LogP contribution >= 0.6 is 0 Å². The maximum atomic E-state index is 12.3. The molecule has 0 bridgehead atoms. The minimum atomic E-state index is -3.38. The summed E-state index contributed by atoms with van der Waals surface area (Å²) < 4.78 is 30.6. The molecule has 0 radical (unpaired) electrons. The van der Waals surface area contributed by atoms with Crippen molar-refractivity contribution in [1.82, 2.24) is 4.31 Å². The molecule has 21 heavy (non-hydrogen) atoms. The minimum absolute atomic E-state index is 0.0514. The third-order valence-corrected chi connectivity index (χ3v) is 5.58. The molecule has 0 aromatic heterocycles. The van der Waals surface area contributed by atoms with Gasteiger partial charge in [0.05, 0.1) is 12.9 Å². The molecule has 0 spiro atoms. The van der Waals surface area contributed by atoms with Crippen molar-refractivity contribution in [2.45, 2.75) is 25.8 Å². The van der Waals surface area contributed by atoms with E-state index in [9.17, 15) is 13.2 Å². The van der Waals surface area contributed by atoms with E-state index in [1.165, 1.54) is 11.4 Å². The van der Waals surface area contributed by atoms with Crippen molar-refractivity contribution in [3.63, 3.8) is 0 Å². The fraction of sp³-hybridized carbons (Fsp3) is 0.500. The quantitative estimate of drug-likeness (QED) is 0.645. The highest BCUT2D eigenvalue weighted by Crippen LogP contribution is 2.26. The number of methoxy groups -OCH3 is 1. The van der Waals surface area contributed by atoms with Gasteiger partial charge in [-0.2, -0.15) is 4.31 Å². The van der Waals surface area contributed by atoms with Gasteiger partial charge in [-0.1, -0.05) is 12.1 Å². The summed E-state index contributed by atoms with van der Waals surface area (Å²) in [7, 11) is -2.08. The second-order valence-electron chi connectivity index (χ2n) is 5.06. The molecule has 0 amide bonds. The largest absolute Gasteiger partial charge is 0.469 e. The number of carbonyl (C=O) groups excluding carboxylic acids is 1. The summed E-state index contributed by atoms with van der Waals surface area (Å²) >= 11 is 0. The Kier molecular flexibility index (Phi) is 4.84. The summed E-state index contributed by atoms with van der Waals surface area (Å²) in [6, 6.07) is 5.65. The van der Waals surface area contributed by atoms with Gasteiger partial charge < -0.3 is 10.5 Å². The van der Waals surface area contributed by atoms with Crippen LogP contribution in [0.4, 0.5) is 5.69 Å². The van der Waals surface area contributed by atoms with Gasteiger partial charge in [-0.05, 0) is 30.0 Å². The fourth-order valence-corrected chi connectivity index (χ4v) is 3.91. The second kappa shape index (κ2) is 6.44. The number of benzene rings is 1. The topological polar surface area (TPSA) is 89.7 Å². The predicted molar refractivity (Wildman–Crippen MR) is 80.0 cm³/mol. The molecule has 0 saturated carbocycles. The number of esters is 1. The Morgan fingerprint density at radius 3 is 2.90 bits per heavy atom. The molecule has 1 aromatic rings. The van der Waals surface area contributed by atoms with E-state index < -0.39 is 16.0 Å². The van der Waals surface area contributed by atoms with Gasteiger partial charge in [0, 0.05) is 25.2 Å². The maximum absolute atomic E-state index is 12.3. The molecule has 1 heterocycles. The highest BCUT2D eigenvalue weighted by molar-refractivity contribution is 7.89. The van der Waals surface area contributed by atoms with Crippen LogP contribution in [-0.2, 0) is 32.5 Å². The number of ether oxygens (including phenoxy) is 1. The Hall–Kier alpha value is -1.60. The van der Waals surface area contributed by atoms with Crippen molar-refractivity contribution in [2.75, 3.05) is 25.1 Å². The normalized spacial score (nSPS) is 15.5. The van der Waals surface area contributed by atoms with E-state index in [1.54, 1.807) is 6.07 Å². The van der Waals surface area contributed by atoms with Crippen molar-refractivity contribution in [2.24, 2.45) is 0 Å². The molecule has 2 N–H and O–H groups in total. The van der Waals surface area contributed by atoms with Crippen LogP contribution in [0, 0.1) is 0 Å². The van der Waals surface area contributed by atoms with Gasteiger partial charge >= 0.3 is 5.97 Å². The number of carbonyl (C=O) groups is 1. The van der Waals surface area contributed by atoms with Crippen LogP contribution in [0.15, 0.2) is 18.2 Å². The van der Waals surface area contributed by atoms with Crippen LogP contribution < -0.4 is 5.73 Å². The number of anilines is 1. The van der Waals surface area contributed by atoms with Crippen LogP contribution in [0.2, 0.25) is 0 Å². The molecular formula is C14H20N2O4S. The Morgan fingerprint density at radius 1 is 1.43 bits per heavy atom. The first kappa shape index (κ1) is 15.8. The van der Waals surface area contributed by atoms with Gasteiger partial charge in [-0.25, -0.2) is 8.42 Å². The number of nitrogen functional groups attached to an aromatic ring is 1. The summed E-state index contributed by atoms with van der Waals surface area (Å²) in [5.74, 6) is -0.442. The molecule has 0 fully saturated rings. The van der Waals surface area contributed by atoms with Crippen molar-refractivity contribution in [3.05, 3.63) is 29.3 Å². The van der Waals surface area contributed by atoms with Gasteiger partial charge in [0.15, 0.2) is 0 Å². The molecule has 7 heteroatoms. The molecule has 1 aliphatic heterocycles. The van der Waals surface area contributed by atoms with Gasteiger partial charge in [-0.3, -0.25) is 4.79 Å². The van der Waals surface area contributed by atoms with Crippen LogP contribution in [-0.4, -0.2) is 38.1 Å². The number of sulfonamides is 1. The molecule has 0 aliphatic carbocycles. The predicted octanol–water partition coefficient (Wildman–Crippen LogP) is 0.910. The van der Waals surface area contributed by atoms with E-state index in [-0.39, 0.29) is 18.6 Å². The van der Waals surface area contributed by atoms with Crippen LogP contribution in [0.5, 0.6) is 0 Å². The third kappa shape index (κ3) is 3.74. The summed E-state index contributed by atoms with van der Waals surface area (Å²) in [5.41, 5.74) is 8.55. The Labute approximate surface area is 124 Å². The van der Waals surface area contributed by atoms with E-state index in [1.807, 2.05) is 12.1 Å². The lowest BCUT2D eigenvalue weighted by Gasteiger charge is -2.28. The van der Waals surface area contributed by atoms with Crippen molar-refractivity contribution >= 4 is 21.7 Å². The lowest BCUT2D eigenvalue weighted by molar-refractivity contribution is -0.140. The molecule has 2 rings (SSSR count). The average molecular weight is 312 g/mol. The average Bonchev–Trinajstić information content (AvgIpc) is 2.47. The highest BCUT2D eigenvalue weighted by Gasteiger charge is 2.27. The summed E-state index contributed by atoms with van der Waals surface area (Å²) in [6.45, 7) is 0.763. The SMILES string of the molecule is COC(=O)CCCS(=O)(=O)N1CCc2cccc(N)c2C1. The monoisotopic (exact) mass is 312 g/mol. The zero-order valence-corrected chi connectivity index (χ0v) is 12.9. The van der Waals surface area contributed by atoms with E-state index in [0.29, 0.717) is 25.2 Å². The standard InChI is InChI=1S/C14H20N2O4S/c1-20-14(17)6-3-9-21(18,19)16-8-7-11-4-2-5-13(15)12(11)10-16/h2,4-5H,3,6-10,15H2,1H3. The third-order valence-electron chi connectivity index (χ3n) is 3.68. The van der Waals surface area contributed by atoms with Gasteiger partial charge in [0.25, 0.3) is 0 Å². The van der Waals surface area contributed by atoms with Crippen molar-refractivity contribution in [1.29, 1.82) is 0 Å². The Morgan fingerprint density at radius 2 is 2.19 bits per heavy atom. The minimum Gasteiger partial charge on any atom is -0.469 e. The maximum Gasteiger partial charge on any atom is 0.305 e. The Balaban J connectivity index is 2.02. The fourth-order valence-electron chi connectivity index (χ4n) is 2.45. The number of nitrogens with two attached hydrogens (primary N) is 1. The summed E-state index contributed by atoms with van der Waals surface area (Å²) in [5, 5.41) is 0. The molecule has 1 aliphatic rings. The number of rotatable bonds is 5. The summed E-state index contributed by atoms with van der Waals surface area (Å²) in [4.78, 5) is 11.0. The van der Waals surface area contributed by atoms with Crippen molar-refractivity contribution in [3.8, 4) is 0 Å². The smallest absolute Gasteiger partial charge is 0.305 e. The van der Waals surface area contributed by atoms with Crippen molar-refractivity contribution < 1.29 is 17.9 Å². The van der Waals surface area contributed by atoms with Gasteiger partial charge in [0.1, 0.15) is 0 Å². The lowest BCUT2D eigenvalue weighted by atomic mass is 10.00. The van der Waals surface area contributed by atoms with Gasteiger partial charge in [-0.15, -0.1) is 0 Å². The highest BCUT2D eigenvalue weighted by atomic mass is 32.2. The van der Waals surface area contributed by atoms with Crippen LogP contribution in [0.3, 0.4) is 0 Å². The van der Waals surface area contributed by atoms with E-state index in [0.717, 1.165) is 11.1 Å². The second-order valence-corrected chi connectivity index (χ2v) is 7.15. The molecule has 6 nitrogen and oxygen atoms in total. The zero-order chi connectivity index (χ0) is 15.5. The van der Waals surface area contributed by atoms with E-state index >= 15 is 0 Å². The summed E-state index contributed by atoms with van der Waals surface area (Å²) in [6.07, 6.45) is 1.04. The molecule has 0 unspecified atom stereocenters. The molecule has 0 atom stereocenters. The molecule has 0 saturated heterocycles. The lowest BCUT2D eigenvalue weighted by Crippen LogP contribution is -2.37.